The van der Waals surface area contributed by atoms with E-state index < -0.39 is 0 Å². The number of hydrogen-bond donors (Lipinski definition) is 1. The molecule has 142 valence electrons. The third kappa shape index (κ3) is 4.08. The minimum absolute atomic E-state index is 0.0552. The first kappa shape index (κ1) is 19.2. The second-order valence-electron chi connectivity index (χ2n) is 6.51. The minimum Gasteiger partial charge on any atom is -0.469 e. The second kappa shape index (κ2) is 8.00. The smallest absolute Gasteiger partial charge is 0.237 e. The van der Waals surface area contributed by atoms with Crippen LogP contribution >= 0.6 is 11.8 Å². The van der Waals surface area contributed by atoms with E-state index in [2.05, 4.69) is 15.5 Å². The summed E-state index contributed by atoms with van der Waals surface area (Å²) < 4.78 is 7.39. The average molecular weight is 385 g/mol. The van der Waals surface area contributed by atoms with Crippen molar-refractivity contribution >= 4 is 23.4 Å². The van der Waals surface area contributed by atoms with Crippen molar-refractivity contribution in [3.63, 3.8) is 0 Å². The lowest BCUT2D eigenvalue weighted by Gasteiger charge is -2.14. The zero-order valence-electron chi connectivity index (χ0n) is 16.2. The van der Waals surface area contributed by atoms with Crippen LogP contribution in [0.1, 0.15) is 30.7 Å². The Morgan fingerprint density at radius 1 is 1.26 bits per heavy atom. The molecule has 0 bridgehead atoms. The highest BCUT2D eigenvalue weighted by molar-refractivity contribution is 8.00. The number of carbonyl (C=O) groups is 1. The lowest BCUT2D eigenvalue weighted by Crippen LogP contribution is -2.23. The highest BCUT2D eigenvalue weighted by Crippen LogP contribution is 2.29. The molecule has 0 radical (unpaired) electrons. The molecule has 0 unspecified atom stereocenters. The standard InChI is InChI=1S/C20H24N4O2S/c1-6-24-18(16-9-10-26-14(16)4)22-23-20(24)27-15(5)19(25)21-17-11-12(2)7-8-13(17)3/h7-11,15H,6H2,1-5H3,(H,21,25)/t15-/m0/s1. The molecule has 0 aliphatic rings. The number of amides is 1. The monoisotopic (exact) mass is 384 g/mol. The first-order valence-corrected chi connectivity index (χ1v) is 9.81. The van der Waals surface area contributed by atoms with Crippen molar-refractivity contribution in [2.24, 2.45) is 0 Å². The molecule has 1 aromatic carbocycles. The van der Waals surface area contributed by atoms with Crippen LogP contribution in [0.4, 0.5) is 5.69 Å². The Labute approximate surface area is 163 Å². The molecule has 27 heavy (non-hydrogen) atoms. The van der Waals surface area contributed by atoms with Crippen molar-refractivity contribution < 1.29 is 9.21 Å². The summed E-state index contributed by atoms with van der Waals surface area (Å²) in [7, 11) is 0. The van der Waals surface area contributed by atoms with Crippen LogP contribution in [0.5, 0.6) is 0 Å². The molecule has 2 heterocycles. The maximum atomic E-state index is 12.7. The molecule has 2 aromatic heterocycles. The van der Waals surface area contributed by atoms with Crippen LogP contribution in [0, 0.1) is 20.8 Å². The maximum Gasteiger partial charge on any atom is 0.237 e. The van der Waals surface area contributed by atoms with Gasteiger partial charge in [-0.05, 0) is 57.9 Å². The lowest BCUT2D eigenvalue weighted by atomic mass is 10.1. The Hall–Kier alpha value is -2.54. The van der Waals surface area contributed by atoms with Gasteiger partial charge in [0.2, 0.25) is 5.91 Å². The summed E-state index contributed by atoms with van der Waals surface area (Å²) in [4.78, 5) is 12.7. The van der Waals surface area contributed by atoms with Crippen molar-refractivity contribution in [2.45, 2.75) is 51.6 Å². The van der Waals surface area contributed by atoms with E-state index in [1.165, 1.54) is 11.8 Å². The number of anilines is 1. The minimum atomic E-state index is -0.308. The average Bonchev–Trinajstić information content (AvgIpc) is 3.23. The quantitative estimate of drug-likeness (QED) is 0.629. The molecule has 0 aliphatic carbocycles. The fraction of sp³-hybridized carbons (Fsp3) is 0.350. The number of hydrogen-bond acceptors (Lipinski definition) is 5. The van der Waals surface area contributed by atoms with Gasteiger partial charge in [-0.2, -0.15) is 0 Å². The lowest BCUT2D eigenvalue weighted by molar-refractivity contribution is -0.115. The predicted octanol–water partition coefficient (Wildman–Crippen LogP) is 4.60. The molecule has 1 amide bonds. The number of benzene rings is 1. The summed E-state index contributed by atoms with van der Waals surface area (Å²) >= 11 is 1.40. The first-order valence-electron chi connectivity index (χ1n) is 8.93. The van der Waals surface area contributed by atoms with Crippen LogP contribution in [-0.4, -0.2) is 25.9 Å². The number of thioether (sulfide) groups is 1. The van der Waals surface area contributed by atoms with Crippen molar-refractivity contribution in [1.29, 1.82) is 0 Å². The Kier molecular flexibility index (Phi) is 5.70. The van der Waals surface area contributed by atoms with Crippen LogP contribution in [0.3, 0.4) is 0 Å². The molecular formula is C20H24N4O2S. The highest BCUT2D eigenvalue weighted by Gasteiger charge is 2.22. The van der Waals surface area contributed by atoms with Gasteiger partial charge in [0.25, 0.3) is 0 Å². The van der Waals surface area contributed by atoms with Gasteiger partial charge in [0.15, 0.2) is 11.0 Å². The molecule has 0 saturated carbocycles. The zero-order chi connectivity index (χ0) is 19.6. The molecule has 7 heteroatoms. The Morgan fingerprint density at radius 3 is 2.70 bits per heavy atom. The summed E-state index contributed by atoms with van der Waals surface area (Å²) in [5, 5.41) is 12.0. The van der Waals surface area contributed by atoms with Gasteiger partial charge < -0.3 is 14.3 Å². The maximum absolute atomic E-state index is 12.7. The van der Waals surface area contributed by atoms with Crippen molar-refractivity contribution in [3.05, 3.63) is 47.4 Å². The van der Waals surface area contributed by atoms with Crippen LogP contribution in [0.25, 0.3) is 11.4 Å². The van der Waals surface area contributed by atoms with E-state index in [0.29, 0.717) is 6.54 Å². The number of carbonyl (C=O) groups excluding carboxylic acids is 1. The summed E-state index contributed by atoms with van der Waals surface area (Å²) in [6.45, 7) is 10.5. The summed E-state index contributed by atoms with van der Waals surface area (Å²) in [5.41, 5.74) is 3.92. The number of rotatable bonds is 6. The highest BCUT2D eigenvalue weighted by atomic mass is 32.2. The molecule has 0 saturated heterocycles. The fourth-order valence-electron chi connectivity index (χ4n) is 2.79. The largest absolute Gasteiger partial charge is 0.469 e. The number of nitrogens with one attached hydrogen (secondary N) is 1. The Morgan fingerprint density at radius 2 is 2.04 bits per heavy atom. The zero-order valence-corrected chi connectivity index (χ0v) is 17.1. The van der Waals surface area contributed by atoms with Crippen molar-refractivity contribution in [2.75, 3.05) is 5.32 Å². The number of furan rings is 1. The van der Waals surface area contributed by atoms with E-state index in [1.807, 2.05) is 63.5 Å². The molecular weight excluding hydrogens is 360 g/mol. The molecule has 1 N–H and O–H groups in total. The van der Waals surface area contributed by atoms with Gasteiger partial charge in [-0.1, -0.05) is 23.9 Å². The molecule has 0 fully saturated rings. The van der Waals surface area contributed by atoms with Crippen molar-refractivity contribution in [1.82, 2.24) is 14.8 Å². The van der Waals surface area contributed by atoms with E-state index in [4.69, 9.17) is 4.42 Å². The van der Waals surface area contributed by atoms with E-state index >= 15 is 0 Å². The third-order valence-electron chi connectivity index (χ3n) is 4.44. The van der Waals surface area contributed by atoms with Crippen molar-refractivity contribution in [3.8, 4) is 11.4 Å². The third-order valence-corrected chi connectivity index (χ3v) is 5.52. The number of nitrogens with zero attached hydrogens (tertiary/aromatic N) is 3. The van der Waals surface area contributed by atoms with Gasteiger partial charge in [-0.3, -0.25) is 4.79 Å². The summed E-state index contributed by atoms with van der Waals surface area (Å²) in [6, 6.07) is 7.91. The van der Waals surface area contributed by atoms with Gasteiger partial charge in [0.1, 0.15) is 5.76 Å². The fourth-order valence-corrected chi connectivity index (χ4v) is 3.71. The number of aromatic nitrogens is 3. The van der Waals surface area contributed by atoms with Crippen LogP contribution in [0.2, 0.25) is 0 Å². The number of aryl methyl sites for hydroxylation is 3. The first-order chi connectivity index (χ1) is 12.9. The van der Waals surface area contributed by atoms with E-state index in [1.54, 1.807) is 6.26 Å². The van der Waals surface area contributed by atoms with Gasteiger partial charge in [-0.25, -0.2) is 0 Å². The molecule has 3 aromatic rings. The Bertz CT molecular complexity index is 961. The molecule has 6 nitrogen and oxygen atoms in total. The van der Waals surface area contributed by atoms with Gasteiger partial charge in [0, 0.05) is 12.2 Å². The molecule has 3 rings (SSSR count). The predicted molar refractivity (Wildman–Crippen MR) is 108 cm³/mol. The summed E-state index contributed by atoms with van der Waals surface area (Å²) in [6.07, 6.45) is 1.65. The van der Waals surface area contributed by atoms with Gasteiger partial charge in [-0.15, -0.1) is 10.2 Å². The van der Waals surface area contributed by atoms with Gasteiger partial charge in [0.05, 0.1) is 17.1 Å². The van der Waals surface area contributed by atoms with Gasteiger partial charge >= 0.3 is 0 Å². The second-order valence-corrected chi connectivity index (χ2v) is 7.82. The molecule has 0 aliphatic heterocycles. The SMILES string of the molecule is CCn1c(S[C@@H](C)C(=O)Nc2cc(C)ccc2C)nnc1-c1ccoc1C. The van der Waals surface area contributed by atoms with Crippen LogP contribution < -0.4 is 5.32 Å². The normalized spacial score (nSPS) is 12.2. The van der Waals surface area contributed by atoms with Crippen LogP contribution in [-0.2, 0) is 11.3 Å². The van der Waals surface area contributed by atoms with E-state index in [-0.39, 0.29) is 11.2 Å². The van der Waals surface area contributed by atoms with E-state index in [9.17, 15) is 4.79 Å². The van der Waals surface area contributed by atoms with E-state index in [0.717, 1.165) is 39.1 Å². The summed E-state index contributed by atoms with van der Waals surface area (Å²) in [5.74, 6) is 1.50. The Balaban J connectivity index is 1.77. The molecule has 1 atom stereocenters. The van der Waals surface area contributed by atoms with Crippen LogP contribution in [0.15, 0.2) is 40.1 Å². The molecule has 0 spiro atoms. The topological polar surface area (TPSA) is 73.0 Å².